The molecule has 9 rings (SSSR count). The second kappa shape index (κ2) is 13.9. The van der Waals surface area contributed by atoms with Gasteiger partial charge in [-0.25, -0.2) is 4.98 Å². The van der Waals surface area contributed by atoms with E-state index in [1.807, 2.05) is 36.7 Å². The number of aromatic nitrogens is 3. The van der Waals surface area contributed by atoms with Crippen molar-refractivity contribution in [2.24, 2.45) is 0 Å². The van der Waals surface area contributed by atoms with E-state index in [0.29, 0.717) is 11.5 Å². The molecule has 0 radical (unpaired) electrons. The first-order chi connectivity index (χ1) is 26.0. The van der Waals surface area contributed by atoms with E-state index in [4.69, 9.17) is 9.72 Å². The molecule has 278 valence electrons. The van der Waals surface area contributed by atoms with Crippen molar-refractivity contribution in [3.8, 4) is 23.0 Å². The quantitative estimate of drug-likeness (QED) is 0.124. The van der Waals surface area contributed by atoms with Crippen LogP contribution >= 0.6 is 0 Å². The summed E-state index contributed by atoms with van der Waals surface area (Å²) in [6, 6.07) is 49.5. The topological polar surface area (TPSA) is 38.5 Å². The van der Waals surface area contributed by atoms with Gasteiger partial charge in [0.1, 0.15) is 5.82 Å². The van der Waals surface area contributed by atoms with E-state index >= 15 is 0 Å². The molecule has 0 N–H and O–H groups in total. The van der Waals surface area contributed by atoms with Crippen molar-refractivity contribution in [3.63, 3.8) is 0 Å². The van der Waals surface area contributed by atoms with Crippen molar-refractivity contribution in [1.29, 1.82) is 0 Å². The van der Waals surface area contributed by atoms with Crippen LogP contribution in [-0.2, 0) is 31.3 Å². The van der Waals surface area contributed by atoms with Crippen LogP contribution in [0.2, 0.25) is 0 Å². The van der Waals surface area contributed by atoms with Crippen molar-refractivity contribution in [1.82, 2.24) is 14.1 Å². The molecule has 0 atom stereocenters. The van der Waals surface area contributed by atoms with Gasteiger partial charge in [-0.1, -0.05) is 101 Å². The van der Waals surface area contributed by atoms with Gasteiger partial charge >= 0.3 is 0 Å². The Balaban J connectivity index is 0.00000427. The van der Waals surface area contributed by atoms with Gasteiger partial charge in [-0.3, -0.25) is 0 Å². The van der Waals surface area contributed by atoms with Crippen LogP contribution < -0.4 is 14.5 Å². The van der Waals surface area contributed by atoms with E-state index in [9.17, 15) is 0 Å². The van der Waals surface area contributed by atoms with E-state index in [0.717, 1.165) is 55.7 Å². The Morgan fingerprint density at radius 1 is 0.582 bits per heavy atom. The number of anilines is 2. The number of nitrogens with zero attached hydrogens (tertiary/aromatic N) is 5. The smallest absolute Gasteiger partial charge is 0.135 e. The fourth-order valence-electron chi connectivity index (χ4n) is 7.33. The zero-order valence-corrected chi connectivity index (χ0v) is 33.4. The minimum atomic E-state index is -0.0491. The first-order valence-electron chi connectivity index (χ1n) is 18.5. The zero-order chi connectivity index (χ0) is 37.2. The summed E-state index contributed by atoms with van der Waals surface area (Å²) in [6.07, 6.45) is 6.01. The Morgan fingerprint density at radius 3 is 2.04 bits per heavy atom. The number of hydrogen-bond donors (Lipinski definition) is 0. The number of fused-ring (bicyclic) bond motifs is 5. The molecular weight excluding hydrogens is 769 g/mol. The predicted molar refractivity (Wildman–Crippen MR) is 222 cm³/mol. The van der Waals surface area contributed by atoms with Crippen molar-refractivity contribution in [2.45, 2.75) is 52.4 Å². The maximum atomic E-state index is 6.56. The first-order valence-corrected chi connectivity index (χ1v) is 18.5. The van der Waals surface area contributed by atoms with Crippen LogP contribution in [0.15, 0.2) is 140 Å². The Morgan fingerprint density at radius 2 is 1.27 bits per heavy atom. The van der Waals surface area contributed by atoms with Crippen LogP contribution in [0.3, 0.4) is 0 Å². The van der Waals surface area contributed by atoms with Crippen molar-refractivity contribution >= 4 is 44.2 Å². The third-order valence-corrected chi connectivity index (χ3v) is 10.2. The number of benzene rings is 5. The molecule has 1 aliphatic rings. The van der Waals surface area contributed by atoms with Crippen LogP contribution in [-0.4, -0.2) is 14.1 Å². The van der Waals surface area contributed by atoms with Crippen LogP contribution in [0.5, 0.6) is 11.5 Å². The Bertz CT molecular complexity index is 2690. The van der Waals surface area contributed by atoms with Gasteiger partial charge in [-0.15, -0.1) is 42.7 Å². The molecule has 0 unspecified atom stereocenters. The second-order valence-electron chi connectivity index (χ2n) is 16.0. The van der Waals surface area contributed by atoms with Crippen molar-refractivity contribution in [2.75, 3.05) is 9.80 Å². The van der Waals surface area contributed by atoms with Gasteiger partial charge in [0.25, 0.3) is 0 Å². The fraction of sp³-hybridized carbons (Fsp3) is 0.167. The summed E-state index contributed by atoms with van der Waals surface area (Å²) in [4.78, 5) is 9.13. The van der Waals surface area contributed by atoms with E-state index < -0.39 is 0 Å². The molecule has 0 saturated heterocycles. The standard InChI is InChI=1S/C48H42N5O.Pd/c1-47(2,3)33-19-21-35(22-20-33)50-27-28-51(32-50)37-15-12-16-38(30-37)54-39-23-24-41-43(31-39)53(44-29-34(25-26-49-44)48(4,5)6)46-40-17-10-11-18-42(40)52(45(41)46)36-13-8-7-9-14-36;/h7-29,32H,1-6H3;/q-3;. The molecule has 8 aromatic rings. The average molecular weight is 811 g/mol. The predicted octanol–water partition coefficient (Wildman–Crippen LogP) is 12.0. The van der Waals surface area contributed by atoms with Crippen LogP contribution in [0.1, 0.15) is 52.7 Å². The molecule has 0 saturated carbocycles. The largest absolute Gasteiger partial charge is 0.509 e. The third kappa shape index (κ3) is 6.62. The minimum absolute atomic E-state index is 0. The zero-order valence-electron chi connectivity index (χ0n) is 31.8. The van der Waals surface area contributed by atoms with Gasteiger partial charge in [0.15, 0.2) is 0 Å². The molecule has 4 heterocycles. The Labute approximate surface area is 336 Å². The van der Waals surface area contributed by atoms with E-state index in [1.54, 1.807) is 0 Å². The second-order valence-corrected chi connectivity index (χ2v) is 16.0. The summed E-state index contributed by atoms with van der Waals surface area (Å²) in [5.41, 5.74) is 9.87. The molecule has 55 heavy (non-hydrogen) atoms. The molecule has 5 aromatic carbocycles. The maximum absolute atomic E-state index is 6.56. The number of pyridine rings is 1. The van der Waals surface area contributed by atoms with Gasteiger partial charge in [0.05, 0.1) is 11.0 Å². The number of para-hydroxylation sites is 2. The molecule has 0 amide bonds. The summed E-state index contributed by atoms with van der Waals surface area (Å²) in [5, 5.41) is 2.20. The number of rotatable bonds is 6. The monoisotopic (exact) mass is 810 g/mol. The molecule has 7 heteroatoms. The summed E-state index contributed by atoms with van der Waals surface area (Å²) in [5.74, 6) is 2.04. The summed E-state index contributed by atoms with van der Waals surface area (Å²) < 4.78 is 11.2. The molecule has 0 fully saturated rings. The molecule has 6 nitrogen and oxygen atoms in total. The van der Waals surface area contributed by atoms with E-state index in [-0.39, 0.29) is 31.3 Å². The molecular formula is C48H42N5OPd-3. The molecule has 3 aromatic heterocycles. The number of ether oxygens (including phenoxy) is 1. The Hall–Kier alpha value is -5.61. The van der Waals surface area contributed by atoms with Crippen LogP contribution in [0.25, 0.3) is 44.3 Å². The van der Waals surface area contributed by atoms with Gasteiger partial charge < -0.3 is 23.7 Å². The molecule has 0 bridgehead atoms. The Kier molecular flexibility index (Phi) is 9.20. The first kappa shape index (κ1) is 36.4. The van der Waals surface area contributed by atoms with Gasteiger partial charge in [-0.05, 0) is 76.8 Å². The minimum Gasteiger partial charge on any atom is -0.509 e. The van der Waals surface area contributed by atoms with Crippen LogP contribution in [0, 0.1) is 18.8 Å². The third-order valence-electron chi connectivity index (χ3n) is 10.2. The average Bonchev–Trinajstić information content (AvgIpc) is 3.88. The van der Waals surface area contributed by atoms with E-state index in [2.05, 4.69) is 183 Å². The van der Waals surface area contributed by atoms with Gasteiger partial charge in [-0.2, -0.15) is 12.1 Å². The van der Waals surface area contributed by atoms with Crippen LogP contribution in [0.4, 0.5) is 11.4 Å². The van der Waals surface area contributed by atoms with Gasteiger partial charge in [0.2, 0.25) is 0 Å². The summed E-state index contributed by atoms with van der Waals surface area (Å²) >= 11 is 0. The number of hydrogen-bond acceptors (Lipinski definition) is 4. The fourth-order valence-corrected chi connectivity index (χ4v) is 7.33. The van der Waals surface area contributed by atoms with Crippen molar-refractivity contribution in [3.05, 3.63) is 170 Å². The molecule has 1 aliphatic heterocycles. The SMILES string of the molecule is CC(C)(C)c1ccc(N2C=CN(c3[c-]c(Oc4[c-]c5c(cc4)c4c(c6ccccc6n4-c4ccccc4)n5-c4cc(C(C)(C)C)ccn4)ccc3)[CH-]2)cc1.[Pd]. The normalized spacial score (nSPS) is 13.3. The summed E-state index contributed by atoms with van der Waals surface area (Å²) in [7, 11) is 0. The van der Waals surface area contributed by atoms with Crippen molar-refractivity contribution < 1.29 is 25.2 Å². The van der Waals surface area contributed by atoms with Gasteiger partial charge in [0, 0.05) is 60.4 Å². The summed E-state index contributed by atoms with van der Waals surface area (Å²) in [6.45, 7) is 15.5. The van der Waals surface area contributed by atoms with E-state index in [1.165, 1.54) is 11.1 Å². The maximum Gasteiger partial charge on any atom is 0.135 e. The molecule has 0 spiro atoms. The molecule has 0 aliphatic carbocycles.